The molecular formula is C25H28FN3O2S. The highest BCUT2D eigenvalue weighted by Gasteiger charge is 2.19. The van der Waals surface area contributed by atoms with Gasteiger partial charge in [0, 0.05) is 60.1 Å². The van der Waals surface area contributed by atoms with Gasteiger partial charge in [-0.25, -0.2) is 0 Å². The third-order valence-electron chi connectivity index (χ3n) is 6.34. The Bertz CT molecular complexity index is 1110. The summed E-state index contributed by atoms with van der Waals surface area (Å²) in [6, 6.07) is 13.8. The van der Waals surface area contributed by atoms with Crippen molar-refractivity contribution in [2.75, 3.05) is 49.5 Å². The normalized spacial score (nSPS) is 16.8. The first-order valence-electron chi connectivity index (χ1n) is 11.4. The summed E-state index contributed by atoms with van der Waals surface area (Å²) in [6.07, 6.45) is 3.45. The van der Waals surface area contributed by atoms with Crippen molar-refractivity contribution in [1.29, 1.82) is 0 Å². The number of unbranched alkanes of at least 4 members (excludes halogenated alkanes) is 1. The van der Waals surface area contributed by atoms with E-state index in [4.69, 9.17) is 4.74 Å². The van der Waals surface area contributed by atoms with Gasteiger partial charge in [-0.3, -0.25) is 9.69 Å². The number of nitrogens with one attached hydrogen (secondary N) is 1. The van der Waals surface area contributed by atoms with Crippen LogP contribution in [-0.4, -0.2) is 50.1 Å². The maximum Gasteiger partial charge on any atom is 0.224 e. The lowest BCUT2D eigenvalue weighted by Crippen LogP contribution is -2.46. The van der Waals surface area contributed by atoms with E-state index in [1.807, 2.05) is 24.3 Å². The lowest BCUT2D eigenvalue weighted by molar-refractivity contribution is -0.116. The van der Waals surface area contributed by atoms with Gasteiger partial charge < -0.3 is 15.0 Å². The van der Waals surface area contributed by atoms with Crippen LogP contribution in [-0.2, 0) is 11.2 Å². The van der Waals surface area contributed by atoms with Crippen molar-refractivity contribution < 1.29 is 13.9 Å². The fourth-order valence-corrected chi connectivity index (χ4v) is 5.38. The number of aryl methyl sites for hydroxylation is 1. The van der Waals surface area contributed by atoms with E-state index in [0.29, 0.717) is 13.0 Å². The average molecular weight is 454 g/mol. The molecule has 0 radical (unpaired) electrons. The molecule has 0 atom stereocenters. The molecule has 1 saturated heterocycles. The Morgan fingerprint density at radius 1 is 1.03 bits per heavy atom. The summed E-state index contributed by atoms with van der Waals surface area (Å²) in [5.41, 5.74) is 3.21. The SMILES string of the molecule is O=C1CCc2ccc(OCCCCN3CCN(c4cccc5sc(F)cc45)CC3)cc2N1. The third-order valence-corrected chi connectivity index (χ3v) is 7.22. The standard InChI is InChI=1S/C25H28FN3O2S/c26-24-17-20-22(4-3-5-23(20)32-24)29-13-11-28(12-14-29)10-1-2-15-31-19-8-6-18-7-9-25(30)27-21(18)16-19/h3-6,8,16-17H,1-2,7,9-15H2,(H,27,30). The van der Waals surface area contributed by atoms with E-state index in [-0.39, 0.29) is 11.0 Å². The summed E-state index contributed by atoms with van der Waals surface area (Å²) in [7, 11) is 0. The molecule has 168 valence electrons. The largest absolute Gasteiger partial charge is 0.494 e. The van der Waals surface area contributed by atoms with Crippen LogP contribution in [0.25, 0.3) is 10.1 Å². The summed E-state index contributed by atoms with van der Waals surface area (Å²) >= 11 is 1.22. The molecule has 0 aliphatic carbocycles. The molecule has 1 N–H and O–H groups in total. The summed E-state index contributed by atoms with van der Waals surface area (Å²) in [5, 5.41) is 3.84. The molecule has 1 amide bonds. The minimum atomic E-state index is -0.117. The first kappa shape index (κ1) is 21.2. The van der Waals surface area contributed by atoms with Crippen molar-refractivity contribution in [3.63, 3.8) is 0 Å². The van der Waals surface area contributed by atoms with E-state index < -0.39 is 0 Å². The minimum Gasteiger partial charge on any atom is -0.494 e. The number of anilines is 2. The number of hydrogen-bond acceptors (Lipinski definition) is 5. The number of benzene rings is 2. The van der Waals surface area contributed by atoms with Crippen LogP contribution in [0.15, 0.2) is 42.5 Å². The number of hydrogen-bond donors (Lipinski definition) is 1. The Morgan fingerprint density at radius 3 is 2.78 bits per heavy atom. The van der Waals surface area contributed by atoms with Gasteiger partial charge in [0.05, 0.1) is 6.61 Å². The van der Waals surface area contributed by atoms with Gasteiger partial charge in [-0.05, 0) is 55.6 Å². The van der Waals surface area contributed by atoms with E-state index in [0.717, 1.165) is 79.2 Å². The van der Waals surface area contributed by atoms with Crippen molar-refractivity contribution in [3.05, 3.63) is 53.2 Å². The Balaban J connectivity index is 1.04. The van der Waals surface area contributed by atoms with Crippen LogP contribution in [0.2, 0.25) is 0 Å². The maximum absolute atomic E-state index is 13.7. The zero-order chi connectivity index (χ0) is 21.9. The molecule has 1 fully saturated rings. The second-order valence-corrected chi connectivity index (χ2v) is 9.52. The first-order chi connectivity index (χ1) is 15.7. The molecule has 0 unspecified atom stereocenters. The Labute approximate surface area is 191 Å². The molecule has 2 aliphatic heterocycles. The van der Waals surface area contributed by atoms with Crippen LogP contribution in [0.1, 0.15) is 24.8 Å². The number of carbonyl (C=O) groups is 1. The molecular weight excluding hydrogens is 425 g/mol. The fraction of sp³-hybridized carbons (Fsp3) is 0.400. The Kier molecular flexibility index (Phi) is 6.28. The number of halogens is 1. The highest BCUT2D eigenvalue weighted by atomic mass is 32.1. The number of piperazine rings is 1. The van der Waals surface area contributed by atoms with Gasteiger partial charge in [0.15, 0.2) is 5.13 Å². The number of carbonyl (C=O) groups excluding carboxylic acids is 1. The van der Waals surface area contributed by atoms with Crippen molar-refractivity contribution >= 4 is 38.7 Å². The second-order valence-electron chi connectivity index (χ2n) is 8.49. The predicted molar refractivity (Wildman–Crippen MR) is 129 cm³/mol. The Hall–Kier alpha value is -2.64. The van der Waals surface area contributed by atoms with E-state index in [2.05, 4.69) is 27.2 Å². The van der Waals surface area contributed by atoms with Gasteiger partial charge in [0.1, 0.15) is 5.75 Å². The van der Waals surface area contributed by atoms with Gasteiger partial charge in [-0.2, -0.15) is 4.39 Å². The van der Waals surface area contributed by atoms with Gasteiger partial charge in [0.25, 0.3) is 0 Å². The highest BCUT2D eigenvalue weighted by Crippen LogP contribution is 2.33. The lowest BCUT2D eigenvalue weighted by atomic mass is 10.0. The van der Waals surface area contributed by atoms with Crippen LogP contribution in [0.4, 0.5) is 15.8 Å². The average Bonchev–Trinajstić information content (AvgIpc) is 3.19. The van der Waals surface area contributed by atoms with Crippen LogP contribution in [0, 0.1) is 5.13 Å². The topological polar surface area (TPSA) is 44.8 Å². The van der Waals surface area contributed by atoms with Crippen LogP contribution in [0.3, 0.4) is 0 Å². The molecule has 5 nitrogen and oxygen atoms in total. The van der Waals surface area contributed by atoms with E-state index in [9.17, 15) is 9.18 Å². The van der Waals surface area contributed by atoms with Crippen LogP contribution < -0.4 is 15.0 Å². The van der Waals surface area contributed by atoms with Crippen molar-refractivity contribution in [2.45, 2.75) is 25.7 Å². The zero-order valence-electron chi connectivity index (χ0n) is 18.1. The zero-order valence-corrected chi connectivity index (χ0v) is 18.9. The molecule has 2 aliphatic rings. The summed E-state index contributed by atoms with van der Waals surface area (Å²) in [4.78, 5) is 16.4. The monoisotopic (exact) mass is 453 g/mol. The fourth-order valence-electron chi connectivity index (χ4n) is 4.57. The van der Waals surface area contributed by atoms with Crippen molar-refractivity contribution in [1.82, 2.24) is 4.90 Å². The molecule has 0 spiro atoms. The van der Waals surface area contributed by atoms with Gasteiger partial charge in [-0.15, -0.1) is 11.3 Å². The number of ether oxygens (including phenoxy) is 1. The molecule has 0 bridgehead atoms. The molecule has 1 aromatic heterocycles. The molecule has 7 heteroatoms. The molecule has 0 saturated carbocycles. The van der Waals surface area contributed by atoms with Gasteiger partial charge in [0.2, 0.25) is 5.91 Å². The number of nitrogens with zero attached hydrogens (tertiary/aromatic N) is 2. The predicted octanol–water partition coefficient (Wildman–Crippen LogP) is 4.91. The number of fused-ring (bicyclic) bond motifs is 2. The number of rotatable bonds is 7. The smallest absolute Gasteiger partial charge is 0.224 e. The molecule has 2 aromatic carbocycles. The van der Waals surface area contributed by atoms with E-state index in [1.165, 1.54) is 16.9 Å². The van der Waals surface area contributed by atoms with Crippen molar-refractivity contribution in [2.24, 2.45) is 0 Å². The lowest BCUT2D eigenvalue weighted by Gasteiger charge is -2.36. The Morgan fingerprint density at radius 2 is 1.91 bits per heavy atom. The van der Waals surface area contributed by atoms with E-state index in [1.54, 1.807) is 6.07 Å². The van der Waals surface area contributed by atoms with Gasteiger partial charge in [-0.1, -0.05) is 12.1 Å². The molecule has 5 rings (SSSR count). The third kappa shape index (κ3) is 4.74. The molecule has 3 heterocycles. The summed E-state index contributed by atoms with van der Waals surface area (Å²) in [5.74, 6) is 0.896. The number of thiophene rings is 1. The van der Waals surface area contributed by atoms with Gasteiger partial charge >= 0.3 is 0 Å². The van der Waals surface area contributed by atoms with Crippen molar-refractivity contribution in [3.8, 4) is 5.75 Å². The van der Waals surface area contributed by atoms with Crippen LogP contribution >= 0.6 is 11.3 Å². The highest BCUT2D eigenvalue weighted by molar-refractivity contribution is 7.17. The summed E-state index contributed by atoms with van der Waals surface area (Å²) in [6.45, 7) is 5.72. The first-order valence-corrected chi connectivity index (χ1v) is 12.2. The van der Waals surface area contributed by atoms with E-state index >= 15 is 0 Å². The minimum absolute atomic E-state index is 0.0777. The number of amides is 1. The summed E-state index contributed by atoms with van der Waals surface area (Å²) < 4.78 is 20.6. The molecule has 32 heavy (non-hydrogen) atoms. The quantitative estimate of drug-likeness (QED) is 0.517. The van der Waals surface area contributed by atoms with Crippen LogP contribution in [0.5, 0.6) is 5.75 Å². The molecule has 3 aromatic rings. The second kappa shape index (κ2) is 9.46. The maximum atomic E-state index is 13.7.